The van der Waals surface area contributed by atoms with Gasteiger partial charge in [0.05, 0.1) is 9.80 Å². The van der Waals surface area contributed by atoms with Gasteiger partial charge in [0.1, 0.15) is 17.7 Å². The standard InChI is InChI=1S/C13H6F2N2O2S/c1-2-11-13(7(5-16)6-17)8-3-9(14)10(15)4-12(8)20(11,18)19/h2-4H,1H3/b11-2-. The average molecular weight is 292 g/mol. The third-order valence-electron chi connectivity index (χ3n) is 2.85. The molecule has 0 saturated heterocycles. The van der Waals surface area contributed by atoms with E-state index in [-0.39, 0.29) is 16.0 Å². The van der Waals surface area contributed by atoms with Gasteiger partial charge in [-0.1, -0.05) is 6.08 Å². The highest BCUT2D eigenvalue weighted by Crippen LogP contribution is 2.45. The van der Waals surface area contributed by atoms with Gasteiger partial charge in [-0.2, -0.15) is 10.5 Å². The predicted octanol–water partition coefficient (Wildman–Crippen LogP) is 2.46. The number of hydrogen-bond donors (Lipinski definition) is 0. The van der Waals surface area contributed by atoms with Crippen LogP contribution in [0.2, 0.25) is 0 Å². The van der Waals surface area contributed by atoms with Crippen molar-refractivity contribution in [1.82, 2.24) is 0 Å². The Labute approximate surface area is 113 Å². The number of rotatable bonds is 0. The minimum atomic E-state index is -4.06. The molecule has 100 valence electrons. The number of nitrogens with zero attached hydrogens (tertiary/aromatic N) is 2. The molecule has 0 amide bonds. The first-order valence-electron chi connectivity index (χ1n) is 5.34. The van der Waals surface area contributed by atoms with E-state index in [4.69, 9.17) is 10.5 Å². The highest BCUT2D eigenvalue weighted by Gasteiger charge is 2.38. The summed E-state index contributed by atoms with van der Waals surface area (Å²) in [6, 6.07) is 4.38. The van der Waals surface area contributed by atoms with Crippen LogP contribution in [0, 0.1) is 34.3 Å². The molecule has 0 N–H and O–H groups in total. The van der Waals surface area contributed by atoms with Crippen molar-refractivity contribution in [3.8, 4) is 12.1 Å². The van der Waals surface area contributed by atoms with Crippen molar-refractivity contribution < 1.29 is 17.2 Å². The van der Waals surface area contributed by atoms with E-state index in [0.29, 0.717) is 12.1 Å². The van der Waals surface area contributed by atoms with Crippen LogP contribution < -0.4 is 0 Å². The summed E-state index contributed by atoms with van der Waals surface area (Å²) >= 11 is 0. The Balaban J connectivity index is 3.05. The van der Waals surface area contributed by atoms with Crippen LogP contribution in [0.1, 0.15) is 12.5 Å². The Kier molecular flexibility index (Phi) is 3.16. The van der Waals surface area contributed by atoms with E-state index in [1.807, 2.05) is 0 Å². The maximum Gasteiger partial charge on any atom is 0.207 e. The van der Waals surface area contributed by atoms with E-state index in [9.17, 15) is 17.2 Å². The fraction of sp³-hybridized carbons (Fsp3) is 0.0769. The first-order valence-corrected chi connectivity index (χ1v) is 6.82. The number of nitriles is 2. The molecule has 7 heteroatoms. The van der Waals surface area contributed by atoms with E-state index < -0.39 is 31.9 Å². The van der Waals surface area contributed by atoms with Crippen LogP contribution >= 0.6 is 0 Å². The lowest BCUT2D eigenvalue weighted by molar-refractivity contribution is 0.504. The largest absolute Gasteiger partial charge is 0.218 e. The highest BCUT2D eigenvalue weighted by atomic mass is 32.2. The van der Waals surface area contributed by atoms with Crippen LogP contribution in [0.15, 0.2) is 33.6 Å². The van der Waals surface area contributed by atoms with Gasteiger partial charge in [0, 0.05) is 11.1 Å². The van der Waals surface area contributed by atoms with Crippen LogP contribution in [-0.4, -0.2) is 8.42 Å². The lowest BCUT2D eigenvalue weighted by atomic mass is 10.0. The molecule has 1 heterocycles. The monoisotopic (exact) mass is 292 g/mol. The van der Waals surface area contributed by atoms with E-state index in [0.717, 1.165) is 0 Å². The second-order valence-corrected chi connectivity index (χ2v) is 5.78. The lowest BCUT2D eigenvalue weighted by Gasteiger charge is -2.00. The van der Waals surface area contributed by atoms with Gasteiger partial charge in [-0.15, -0.1) is 0 Å². The molecule has 20 heavy (non-hydrogen) atoms. The van der Waals surface area contributed by atoms with E-state index in [1.54, 1.807) is 12.1 Å². The lowest BCUT2D eigenvalue weighted by Crippen LogP contribution is -1.98. The summed E-state index contributed by atoms with van der Waals surface area (Å²) < 4.78 is 51.0. The minimum Gasteiger partial charge on any atom is -0.218 e. The first kappa shape index (κ1) is 13.9. The summed E-state index contributed by atoms with van der Waals surface area (Å²) in [4.78, 5) is -0.738. The number of allylic oxidation sites excluding steroid dienone is 3. The van der Waals surface area contributed by atoms with Gasteiger partial charge in [0.2, 0.25) is 9.84 Å². The molecule has 0 saturated carbocycles. The van der Waals surface area contributed by atoms with Crippen LogP contribution in [0.25, 0.3) is 5.57 Å². The van der Waals surface area contributed by atoms with Crippen molar-refractivity contribution >= 4 is 15.4 Å². The summed E-state index contributed by atoms with van der Waals surface area (Å²) in [5.41, 5.74) is -0.826. The number of sulfone groups is 1. The minimum absolute atomic E-state index is 0.171. The van der Waals surface area contributed by atoms with Crippen LogP contribution in [-0.2, 0) is 9.84 Å². The molecule has 0 radical (unpaired) electrons. The molecule has 1 aromatic carbocycles. The molecule has 1 aliphatic rings. The number of hydrogen-bond acceptors (Lipinski definition) is 4. The van der Waals surface area contributed by atoms with Gasteiger partial charge in [0.25, 0.3) is 0 Å². The number of fused-ring (bicyclic) bond motifs is 1. The zero-order chi connectivity index (χ0) is 15.1. The van der Waals surface area contributed by atoms with Crippen molar-refractivity contribution in [2.75, 3.05) is 0 Å². The van der Waals surface area contributed by atoms with Gasteiger partial charge in [-0.3, -0.25) is 0 Å². The normalized spacial score (nSPS) is 17.4. The predicted molar refractivity (Wildman–Crippen MR) is 65.4 cm³/mol. The molecule has 0 aliphatic carbocycles. The van der Waals surface area contributed by atoms with Gasteiger partial charge < -0.3 is 0 Å². The van der Waals surface area contributed by atoms with Crippen molar-refractivity contribution in [3.63, 3.8) is 0 Å². The maximum absolute atomic E-state index is 13.3. The molecular weight excluding hydrogens is 286 g/mol. The summed E-state index contributed by atoms with van der Waals surface area (Å²) in [6.07, 6.45) is 1.19. The maximum atomic E-state index is 13.3. The Morgan fingerprint density at radius 3 is 2.25 bits per heavy atom. The zero-order valence-electron chi connectivity index (χ0n) is 10.1. The zero-order valence-corrected chi connectivity index (χ0v) is 10.9. The Hall–Kier alpha value is -2.51. The molecule has 0 atom stereocenters. The quantitative estimate of drug-likeness (QED) is 0.543. The van der Waals surface area contributed by atoms with Gasteiger partial charge in [-0.05, 0) is 19.1 Å². The number of benzene rings is 1. The Morgan fingerprint density at radius 1 is 1.20 bits per heavy atom. The van der Waals surface area contributed by atoms with Crippen molar-refractivity contribution in [3.05, 3.63) is 45.9 Å². The summed E-state index contributed by atoms with van der Waals surface area (Å²) in [5, 5.41) is 17.8. The van der Waals surface area contributed by atoms with Crippen LogP contribution in [0.3, 0.4) is 0 Å². The van der Waals surface area contributed by atoms with Crippen LogP contribution in [0.4, 0.5) is 8.78 Å². The molecule has 2 rings (SSSR count). The van der Waals surface area contributed by atoms with Gasteiger partial charge in [0.15, 0.2) is 11.6 Å². The van der Waals surface area contributed by atoms with Crippen molar-refractivity contribution in [1.29, 1.82) is 10.5 Å². The number of halogens is 2. The van der Waals surface area contributed by atoms with E-state index >= 15 is 0 Å². The molecule has 1 aromatic rings. The van der Waals surface area contributed by atoms with Crippen molar-refractivity contribution in [2.24, 2.45) is 0 Å². The van der Waals surface area contributed by atoms with E-state index in [2.05, 4.69) is 0 Å². The molecule has 4 nitrogen and oxygen atoms in total. The van der Waals surface area contributed by atoms with Crippen molar-refractivity contribution in [2.45, 2.75) is 11.8 Å². The second-order valence-electron chi connectivity index (χ2n) is 3.89. The van der Waals surface area contributed by atoms with Gasteiger partial charge >= 0.3 is 0 Å². The van der Waals surface area contributed by atoms with E-state index in [1.165, 1.54) is 13.0 Å². The average Bonchev–Trinajstić information content (AvgIpc) is 2.61. The SMILES string of the molecule is C/C=C1/C(=C(C#N)C#N)c2cc(F)c(F)cc2S1(=O)=O. The topological polar surface area (TPSA) is 81.7 Å². The fourth-order valence-electron chi connectivity index (χ4n) is 2.03. The first-order chi connectivity index (χ1) is 9.38. The molecule has 1 aliphatic heterocycles. The summed E-state index contributed by atoms with van der Waals surface area (Å²) in [5.74, 6) is -2.55. The third kappa shape index (κ3) is 1.72. The molecule has 0 spiro atoms. The highest BCUT2D eigenvalue weighted by molar-refractivity contribution is 7.96. The Bertz CT molecular complexity index is 853. The summed E-state index contributed by atoms with van der Waals surface area (Å²) in [6.45, 7) is 1.40. The van der Waals surface area contributed by atoms with Gasteiger partial charge in [-0.25, -0.2) is 17.2 Å². The summed E-state index contributed by atoms with van der Waals surface area (Å²) in [7, 11) is -4.06. The molecular formula is C13H6F2N2O2S. The fourth-order valence-corrected chi connectivity index (χ4v) is 3.76. The Morgan fingerprint density at radius 2 is 1.75 bits per heavy atom. The molecule has 0 unspecified atom stereocenters. The third-order valence-corrected chi connectivity index (χ3v) is 4.79. The smallest absolute Gasteiger partial charge is 0.207 e. The molecule has 0 bridgehead atoms. The molecule has 0 fully saturated rings. The van der Waals surface area contributed by atoms with Crippen LogP contribution in [0.5, 0.6) is 0 Å². The second kappa shape index (κ2) is 4.55. The molecule has 0 aromatic heterocycles.